The first kappa shape index (κ1) is 22.8. The molecule has 3 aromatic rings. The maximum atomic E-state index is 13.1. The molecule has 1 saturated heterocycles. The minimum atomic E-state index is -1.26. The standard InChI is InChI=1S/C24H23N5O5/c1-29-19(22(30)28-20-15(12-25)6-2-8-17(20)23(31)32)11-14-5-3-9-18(21(14)29)27-24(33)26-13-16-7-4-10-34-16/h2-3,5-6,8-9,11,16H,4,7,10,13H2,1H3,(H,28,30)(H,31,32)(H2,26,27,33)/t16-/m0/s1. The quantitative estimate of drug-likeness (QED) is 0.443. The predicted molar refractivity (Wildman–Crippen MR) is 125 cm³/mol. The van der Waals surface area contributed by atoms with Crippen molar-refractivity contribution in [2.24, 2.45) is 7.05 Å². The molecule has 1 aliphatic heterocycles. The van der Waals surface area contributed by atoms with E-state index < -0.39 is 11.9 Å². The van der Waals surface area contributed by atoms with Gasteiger partial charge in [0.05, 0.1) is 34.1 Å². The van der Waals surface area contributed by atoms with Crippen molar-refractivity contribution in [2.45, 2.75) is 18.9 Å². The average Bonchev–Trinajstić information content (AvgIpc) is 3.46. The second-order valence-corrected chi connectivity index (χ2v) is 7.90. The van der Waals surface area contributed by atoms with E-state index in [2.05, 4.69) is 16.0 Å². The van der Waals surface area contributed by atoms with Crippen LogP contribution >= 0.6 is 0 Å². The Labute approximate surface area is 195 Å². The van der Waals surface area contributed by atoms with Crippen LogP contribution in [0.4, 0.5) is 16.2 Å². The first-order valence-electron chi connectivity index (χ1n) is 10.7. The molecule has 1 aromatic heterocycles. The maximum Gasteiger partial charge on any atom is 0.337 e. The number of carbonyl (C=O) groups excluding carboxylic acids is 2. The number of amides is 3. The molecule has 4 N–H and O–H groups in total. The highest BCUT2D eigenvalue weighted by Gasteiger charge is 2.21. The van der Waals surface area contributed by atoms with E-state index in [1.807, 2.05) is 6.07 Å². The molecular formula is C24H23N5O5. The minimum Gasteiger partial charge on any atom is -0.478 e. The Balaban J connectivity index is 1.59. The monoisotopic (exact) mass is 461 g/mol. The van der Waals surface area contributed by atoms with Crippen molar-refractivity contribution in [3.63, 3.8) is 0 Å². The van der Waals surface area contributed by atoms with Gasteiger partial charge in [0, 0.05) is 25.6 Å². The lowest BCUT2D eigenvalue weighted by atomic mass is 10.1. The van der Waals surface area contributed by atoms with Gasteiger partial charge in [-0.1, -0.05) is 18.2 Å². The molecule has 4 rings (SSSR count). The number of carbonyl (C=O) groups is 3. The summed E-state index contributed by atoms with van der Waals surface area (Å²) in [6.07, 6.45) is 1.90. The van der Waals surface area contributed by atoms with E-state index in [1.165, 1.54) is 18.2 Å². The number of nitriles is 1. The second kappa shape index (κ2) is 9.64. The van der Waals surface area contributed by atoms with Gasteiger partial charge in [0.1, 0.15) is 11.8 Å². The summed E-state index contributed by atoms with van der Waals surface area (Å²) in [5.41, 5.74) is 1.14. The topological polar surface area (TPSA) is 145 Å². The molecule has 10 heteroatoms. The lowest BCUT2D eigenvalue weighted by molar-refractivity contribution is 0.0698. The zero-order chi connectivity index (χ0) is 24.2. The zero-order valence-electron chi connectivity index (χ0n) is 18.4. The third-order valence-electron chi connectivity index (χ3n) is 5.71. The van der Waals surface area contributed by atoms with Crippen LogP contribution in [0.5, 0.6) is 0 Å². The van der Waals surface area contributed by atoms with Crippen molar-refractivity contribution in [2.75, 3.05) is 23.8 Å². The minimum absolute atomic E-state index is 0.0128. The van der Waals surface area contributed by atoms with E-state index in [-0.39, 0.29) is 34.6 Å². The van der Waals surface area contributed by atoms with Gasteiger partial charge in [0.15, 0.2) is 0 Å². The lowest BCUT2D eigenvalue weighted by Crippen LogP contribution is -2.35. The Bertz CT molecular complexity index is 1320. The van der Waals surface area contributed by atoms with Gasteiger partial charge in [-0.15, -0.1) is 0 Å². The van der Waals surface area contributed by atoms with Crippen LogP contribution in [0.25, 0.3) is 10.9 Å². The van der Waals surface area contributed by atoms with Crippen molar-refractivity contribution >= 4 is 40.2 Å². The third kappa shape index (κ3) is 4.55. The molecule has 34 heavy (non-hydrogen) atoms. The SMILES string of the molecule is Cn1c(C(=O)Nc2c(C#N)cccc2C(=O)O)cc2cccc(NC(=O)NC[C@@H]3CCCO3)c21. The molecule has 0 saturated carbocycles. The van der Waals surface area contributed by atoms with E-state index in [4.69, 9.17) is 4.74 Å². The fourth-order valence-electron chi connectivity index (χ4n) is 4.05. The maximum absolute atomic E-state index is 13.1. The molecule has 1 fully saturated rings. The van der Waals surface area contributed by atoms with Crippen molar-refractivity contribution < 1.29 is 24.2 Å². The summed E-state index contributed by atoms with van der Waals surface area (Å²) >= 11 is 0. The summed E-state index contributed by atoms with van der Waals surface area (Å²) in [6, 6.07) is 12.6. The summed E-state index contributed by atoms with van der Waals surface area (Å²) in [4.78, 5) is 37.1. The Morgan fingerprint density at radius 2 is 2.00 bits per heavy atom. The summed E-state index contributed by atoms with van der Waals surface area (Å²) in [7, 11) is 1.67. The number of aryl methyl sites for hydroxylation is 1. The smallest absolute Gasteiger partial charge is 0.337 e. The number of urea groups is 1. The lowest BCUT2D eigenvalue weighted by Gasteiger charge is -2.13. The van der Waals surface area contributed by atoms with Gasteiger partial charge < -0.3 is 30.4 Å². The van der Waals surface area contributed by atoms with E-state index in [0.717, 1.165) is 12.8 Å². The fraction of sp³-hybridized carbons (Fsp3) is 0.250. The highest BCUT2D eigenvalue weighted by molar-refractivity contribution is 6.11. The molecule has 174 valence electrons. The number of nitrogens with zero attached hydrogens (tertiary/aromatic N) is 2. The van der Waals surface area contributed by atoms with Gasteiger partial charge in [-0.05, 0) is 37.1 Å². The predicted octanol–water partition coefficient (Wildman–Crippen LogP) is 3.30. The van der Waals surface area contributed by atoms with Crippen LogP contribution in [-0.4, -0.2) is 46.8 Å². The number of aromatic carboxylic acids is 1. The molecule has 0 aliphatic carbocycles. The van der Waals surface area contributed by atoms with Gasteiger partial charge in [0.25, 0.3) is 5.91 Å². The van der Waals surface area contributed by atoms with Crippen molar-refractivity contribution in [1.82, 2.24) is 9.88 Å². The first-order chi connectivity index (χ1) is 16.4. The fourth-order valence-corrected chi connectivity index (χ4v) is 4.05. The van der Waals surface area contributed by atoms with Gasteiger partial charge in [-0.2, -0.15) is 5.26 Å². The normalized spacial score (nSPS) is 15.0. The highest BCUT2D eigenvalue weighted by Crippen LogP contribution is 2.28. The number of ether oxygens (including phenoxy) is 1. The summed E-state index contributed by atoms with van der Waals surface area (Å²) in [5, 5.41) is 27.7. The Morgan fingerprint density at radius 3 is 2.71 bits per heavy atom. The number of rotatable bonds is 6. The molecule has 0 radical (unpaired) electrons. The molecule has 2 aromatic carbocycles. The third-order valence-corrected chi connectivity index (χ3v) is 5.71. The second-order valence-electron chi connectivity index (χ2n) is 7.90. The van der Waals surface area contributed by atoms with E-state index in [1.54, 1.807) is 35.9 Å². The molecule has 2 heterocycles. The van der Waals surface area contributed by atoms with Crippen molar-refractivity contribution in [1.29, 1.82) is 5.26 Å². The van der Waals surface area contributed by atoms with Crippen LogP contribution in [0, 0.1) is 11.3 Å². The van der Waals surface area contributed by atoms with E-state index in [0.29, 0.717) is 29.7 Å². The first-order valence-corrected chi connectivity index (χ1v) is 10.7. The van der Waals surface area contributed by atoms with Crippen LogP contribution in [0.3, 0.4) is 0 Å². The number of nitrogens with one attached hydrogen (secondary N) is 3. The number of hydrogen-bond donors (Lipinski definition) is 4. The van der Waals surface area contributed by atoms with Gasteiger partial charge in [-0.25, -0.2) is 9.59 Å². The molecule has 0 unspecified atom stereocenters. The van der Waals surface area contributed by atoms with Crippen LogP contribution in [0.1, 0.15) is 39.3 Å². The van der Waals surface area contributed by atoms with E-state index in [9.17, 15) is 24.8 Å². The van der Waals surface area contributed by atoms with Crippen LogP contribution in [0.2, 0.25) is 0 Å². The zero-order valence-corrected chi connectivity index (χ0v) is 18.4. The molecule has 3 amide bonds. The van der Waals surface area contributed by atoms with Crippen molar-refractivity contribution in [3.05, 3.63) is 59.3 Å². The molecule has 10 nitrogen and oxygen atoms in total. The number of carboxylic acid groups (broad SMARTS) is 1. The number of para-hydroxylation sites is 2. The van der Waals surface area contributed by atoms with Crippen molar-refractivity contribution in [3.8, 4) is 6.07 Å². The van der Waals surface area contributed by atoms with Gasteiger partial charge >= 0.3 is 12.0 Å². The van der Waals surface area contributed by atoms with Gasteiger partial charge in [0.2, 0.25) is 0 Å². The Morgan fingerprint density at radius 1 is 1.21 bits per heavy atom. The van der Waals surface area contributed by atoms with Crippen LogP contribution in [0.15, 0.2) is 42.5 Å². The Kier molecular flexibility index (Phi) is 6.47. The van der Waals surface area contributed by atoms with E-state index >= 15 is 0 Å². The summed E-state index contributed by atoms with van der Waals surface area (Å²) in [6.45, 7) is 1.11. The summed E-state index contributed by atoms with van der Waals surface area (Å²) in [5.74, 6) is -1.84. The summed E-state index contributed by atoms with van der Waals surface area (Å²) < 4.78 is 7.12. The highest BCUT2D eigenvalue weighted by atomic mass is 16.5. The van der Waals surface area contributed by atoms with Crippen LogP contribution < -0.4 is 16.0 Å². The van der Waals surface area contributed by atoms with Gasteiger partial charge in [-0.3, -0.25) is 4.79 Å². The Hall–Kier alpha value is -4.36. The molecule has 1 atom stereocenters. The molecule has 0 spiro atoms. The van der Waals surface area contributed by atoms with Crippen LogP contribution in [-0.2, 0) is 11.8 Å². The number of fused-ring (bicyclic) bond motifs is 1. The average molecular weight is 461 g/mol. The number of aromatic nitrogens is 1. The number of benzene rings is 2. The number of carboxylic acids is 1. The molecule has 0 bridgehead atoms. The number of anilines is 2. The molecule has 1 aliphatic rings. The molecular weight excluding hydrogens is 438 g/mol. The number of hydrogen-bond acceptors (Lipinski definition) is 5. The largest absolute Gasteiger partial charge is 0.478 e.